The molecule has 0 bridgehead atoms. The summed E-state index contributed by atoms with van der Waals surface area (Å²) in [6.07, 6.45) is 0.253. The van der Waals surface area contributed by atoms with Gasteiger partial charge in [0, 0.05) is 29.0 Å². The van der Waals surface area contributed by atoms with Crippen LogP contribution in [0.1, 0.15) is 36.2 Å². The maximum Gasteiger partial charge on any atom is 0.164 e. The highest BCUT2D eigenvalue weighted by molar-refractivity contribution is 6.02. The molecule has 0 amide bonds. The number of rotatable bonds is 0. The molecule has 0 heterocycles. The van der Waals surface area contributed by atoms with Crippen LogP contribution in [0.5, 0.6) is 0 Å². The van der Waals surface area contributed by atoms with E-state index < -0.39 is 17.0 Å². The van der Waals surface area contributed by atoms with Gasteiger partial charge in [0.15, 0.2) is 5.78 Å². The lowest BCUT2D eigenvalue weighted by Crippen LogP contribution is -2.14. The smallest absolute Gasteiger partial charge is 0.164 e. The minimum absolute atomic E-state index is 0.177. The van der Waals surface area contributed by atoms with Crippen molar-refractivity contribution < 1.29 is 13.6 Å². The van der Waals surface area contributed by atoms with E-state index in [1.54, 1.807) is 13.8 Å². The van der Waals surface area contributed by atoms with Gasteiger partial charge in [0.05, 0.1) is 0 Å². The summed E-state index contributed by atoms with van der Waals surface area (Å²) in [6.45, 7) is 3.58. The van der Waals surface area contributed by atoms with Crippen LogP contribution in [0.4, 0.5) is 8.78 Å². The summed E-state index contributed by atoms with van der Waals surface area (Å²) >= 11 is 0. The predicted molar refractivity (Wildman–Crippen MR) is 48.3 cm³/mol. The molecule has 1 aliphatic carbocycles. The van der Waals surface area contributed by atoms with E-state index in [1.807, 2.05) is 0 Å². The average molecular weight is 196 g/mol. The molecule has 1 nitrogen and oxygen atoms in total. The number of hydrogen-bond acceptors (Lipinski definition) is 1. The van der Waals surface area contributed by atoms with Gasteiger partial charge < -0.3 is 0 Å². The second-order valence-electron chi connectivity index (χ2n) is 4.29. The number of halogens is 2. The quantitative estimate of drug-likeness (QED) is 0.623. The van der Waals surface area contributed by atoms with E-state index >= 15 is 0 Å². The molecular weight excluding hydrogens is 186 g/mol. The van der Waals surface area contributed by atoms with Crippen LogP contribution >= 0.6 is 0 Å². The van der Waals surface area contributed by atoms with Gasteiger partial charge in [0.1, 0.15) is 11.6 Å². The summed E-state index contributed by atoms with van der Waals surface area (Å²) in [5.41, 5.74) is 0.0425. The van der Waals surface area contributed by atoms with Gasteiger partial charge in [0.25, 0.3) is 0 Å². The van der Waals surface area contributed by atoms with Gasteiger partial charge in [-0.1, -0.05) is 13.8 Å². The third-order valence-corrected chi connectivity index (χ3v) is 2.63. The molecule has 0 fully saturated rings. The van der Waals surface area contributed by atoms with Gasteiger partial charge in [-0.2, -0.15) is 0 Å². The maximum atomic E-state index is 13.4. The molecule has 0 saturated carbocycles. The van der Waals surface area contributed by atoms with E-state index in [2.05, 4.69) is 0 Å². The fourth-order valence-electron chi connectivity index (χ4n) is 2.07. The van der Waals surface area contributed by atoms with Crippen LogP contribution in [0.3, 0.4) is 0 Å². The molecule has 0 spiro atoms. The summed E-state index contributed by atoms with van der Waals surface area (Å²) in [6, 6.07) is 1.95. The van der Waals surface area contributed by atoms with Gasteiger partial charge in [-0.05, 0) is 6.07 Å². The van der Waals surface area contributed by atoms with Crippen LogP contribution in [0.15, 0.2) is 12.1 Å². The van der Waals surface area contributed by atoms with E-state index in [-0.39, 0.29) is 17.8 Å². The zero-order valence-electron chi connectivity index (χ0n) is 8.03. The number of hydrogen-bond donors (Lipinski definition) is 0. The van der Waals surface area contributed by atoms with Crippen LogP contribution in [0, 0.1) is 11.6 Å². The molecule has 0 N–H and O–H groups in total. The first kappa shape index (κ1) is 9.31. The zero-order chi connectivity index (χ0) is 10.5. The van der Waals surface area contributed by atoms with Crippen molar-refractivity contribution in [2.24, 2.45) is 0 Å². The Hall–Kier alpha value is -1.25. The van der Waals surface area contributed by atoms with E-state index in [1.165, 1.54) is 0 Å². The highest BCUT2D eigenvalue weighted by Gasteiger charge is 2.38. The van der Waals surface area contributed by atoms with Crippen molar-refractivity contribution >= 4 is 5.78 Å². The highest BCUT2D eigenvalue weighted by atomic mass is 19.1. The van der Waals surface area contributed by atoms with Crippen LogP contribution in [-0.4, -0.2) is 5.78 Å². The van der Waals surface area contributed by atoms with Gasteiger partial charge in [-0.3, -0.25) is 4.79 Å². The molecule has 0 radical (unpaired) electrons. The van der Waals surface area contributed by atoms with Crippen molar-refractivity contribution in [2.75, 3.05) is 0 Å². The molecule has 3 heteroatoms. The largest absolute Gasteiger partial charge is 0.294 e. The van der Waals surface area contributed by atoms with Gasteiger partial charge >= 0.3 is 0 Å². The molecule has 1 aromatic rings. The molecule has 0 saturated heterocycles. The van der Waals surface area contributed by atoms with Crippen molar-refractivity contribution in [1.29, 1.82) is 0 Å². The summed E-state index contributed by atoms with van der Waals surface area (Å²) in [7, 11) is 0. The minimum atomic E-state index is -0.688. The average Bonchev–Trinajstić information content (AvgIpc) is 2.21. The third-order valence-electron chi connectivity index (χ3n) is 2.63. The summed E-state index contributed by atoms with van der Waals surface area (Å²) < 4.78 is 26.3. The topological polar surface area (TPSA) is 17.1 Å². The van der Waals surface area contributed by atoms with Gasteiger partial charge in [0.2, 0.25) is 0 Å². The van der Waals surface area contributed by atoms with Crippen molar-refractivity contribution in [1.82, 2.24) is 0 Å². The number of Topliss-reactive ketones (excluding diaryl/α,β-unsaturated/α-hetero) is 1. The van der Waals surface area contributed by atoms with Crippen molar-refractivity contribution in [3.63, 3.8) is 0 Å². The monoisotopic (exact) mass is 196 g/mol. The van der Waals surface area contributed by atoms with E-state index in [4.69, 9.17) is 0 Å². The molecule has 2 rings (SSSR count). The third kappa shape index (κ3) is 1.15. The lowest BCUT2D eigenvalue weighted by molar-refractivity contribution is 0.0979. The van der Waals surface area contributed by atoms with E-state index in [9.17, 15) is 13.6 Å². The second-order valence-corrected chi connectivity index (χ2v) is 4.29. The van der Waals surface area contributed by atoms with Crippen LogP contribution < -0.4 is 0 Å². The Morgan fingerprint density at radius 3 is 2.57 bits per heavy atom. The fourth-order valence-corrected chi connectivity index (χ4v) is 2.07. The van der Waals surface area contributed by atoms with E-state index in [0.29, 0.717) is 5.56 Å². The zero-order valence-corrected chi connectivity index (χ0v) is 8.03. The summed E-state index contributed by atoms with van der Waals surface area (Å²) in [4.78, 5) is 11.5. The number of fused-ring (bicyclic) bond motifs is 1. The van der Waals surface area contributed by atoms with Gasteiger partial charge in [-0.15, -0.1) is 0 Å². The first-order valence-electron chi connectivity index (χ1n) is 4.44. The van der Waals surface area contributed by atoms with Crippen molar-refractivity contribution in [2.45, 2.75) is 25.7 Å². The Morgan fingerprint density at radius 1 is 1.29 bits per heavy atom. The summed E-state index contributed by atoms with van der Waals surface area (Å²) in [5, 5.41) is 0. The number of carbonyl (C=O) groups is 1. The van der Waals surface area contributed by atoms with Crippen molar-refractivity contribution in [3.8, 4) is 0 Å². The Labute approximate surface area is 80.7 Å². The SMILES string of the molecule is CC1(C)CC(=O)c2cc(F)cc(F)c21. The maximum absolute atomic E-state index is 13.4. The number of carbonyl (C=O) groups excluding carboxylic acids is 1. The highest BCUT2D eigenvalue weighted by Crippen LogP contribution is 2.39. The minimum Gasteiger partial charge on any atom is -0.294 e. The molecule has 1 aromatic carbocycles. The number of benzene rings is 1. The Balaban J connectivity index is 2.75. The lowest BCUT2D eigenvalue weighted by atomic mass is 9.86. The fraction of sp³-hybridized carbons (Fsp3) is 0.364. The molecule has 0 unspecified atom stereocenters. The Morgan fingerprint density at radius 2 is 1.93 bits per heavy atom. The predicted octanol–water partition coefficient (Wildman–Crippen LogP) is 2.83. The van der Waals surface area contributed by atoms with Crippen molar-refractivity contribution in [3.05, 3.63) is 34.9 Å². The molecule has 74 valence electrons. The molecule has 0 aliphatic heterocycles. The van der Waals surface area contributed by atoms with Crippen LogP contribution in [0.25, 0.3) is 0 Å². The normalized spacial score (nSPS) is 18.4. The molecule has 0 atom stereocenters. The second kappa shape index (κ2) is 2.62. The number of ketones is 1. The van der Waals surface area contributed by atoms with Gasteiger partial charge in [-0.25, -0.2) is 8.78 Å². The lowest BCUT2D eigenvalue weighted by Gasteiger charge is -2.17. The first-order valence-corrected chi connectivity index (χ1v) is 4.44. The van der Waals surface area contributed by atoms with E-state index in [0.717, 1.165) is 12.1 Å². The molecule has 14 heavy (non-hydrogen) atoms. The van der Waals surface area contributed by atoms with Crippen LogP contribution in [-0.2, 0) is 5.41 Å². The Bertz CT molecular complexity index is 422. The van der Waals surface area contributed by atoms with Crippen LogP contribution in [0.2, 0.25) is 0 Å². The summed E-state index contributed by atoms with van der Waals surface area (Å²) in [5.74, 6) is -1.48. The molecule has 1 aliphatic rings. The molecule has 0 aromatic heterocycles. The standard InChI is InChI=1S/C11H10F2O/c1-11(2)5-9(14)7-3-6(12)4-8(13)10(7)11/h3-4H,5H2,1-2H3. The molecular formula is C11H10F2O. The first-order chi connectivity index (χ1) is 6.42. The Kier molecular flexibility index (Phi) is 1.74.